The summed E-state index contributed by atoms with van der Waals surface area (Å²) >= 11 is 0. The quantitative estimate of drug-likeness (QED) is 0.473. The molecule has 3 heterocycles. The highest BCUT2D eigenvalue weighted by Crippen LogP contribution is 2.51. The van der Waals surface area contributed by atoms with Gasteiger partial charge in [0, 0.05) is 18.7 Å². The molecule has 0 radical (unpaired) electrons. The summed E-state index contributed by atoms with van der Waals surface area (Å²) in [6, 6.07) is 17.5. The van der Waals surface area contributed by atoms with Crippen LogP contribution in [0.15, 0.2) is 59.4 Å². The number of anilines is 1. The molecule has 2 fully saturated rings. The van der Waals surface area contributed by atoms with E-state index in [1.165, 1.54) is 0 Å². The summed E-state index contributed by atoms with van der Waals surface area (Å²) in [6.07, 6.45) is 2.03. The predicted molar refractivity (Wildman–Crippen MR) is 118 cm³/mol. The Morgan fingerprint density at radius 1 is 1.03 bits per heavy atom. The number of rotatable bonds is 4. The van der Waals surface area contributed by atoms with Gasteiger partial charge in [0.1, 0.15) is 22.7 Å². The molecule has 4 N–H and O–H groups in total. The third-order valence-electron chi connectivity index (χ3n) is 6.45. The maximum Gasteiger partial charge on any atom is 0.290 e. The fourth-order valence-electron chi connectivity index (χ4n) is 4.77. The lowest BCUT2D eigenvalue weighted by molar-refractivity contribution is 0.00430. The van der Waals surface area contributed by atoms with Gasteiger partial charge in [-0.3, -0.25) is 9.48 Å². The molecular formula is C23H22N6O2. The van der Waals surface area contributed by atoms with E-state index >= 15 is 0 Å². The van der Waals surface area contributed by atoms with Gasteiger partial charge >= 0.3 is 0 Å². The van der Waals surface area contributed by atoms with E-state index in [2.05, 4.69) is 15.5 Å². The van der Waals surface area contributed by atoms with Crippen LogP contribution in [0.25, 0.3) is 22.2 Å². The van der Waals surface area contributed by atoms with E-state index in [1.54, 1.807) is 0 Å². The summed E-state index contributed by atoms with van der Waals surface area (Å²) in [7, 11) is 0. The molecule has 1 aliphatic carbocycles. The fraction of sp³-hybridized carbons (Fsp3) is 0.261. The summed E-state index contributed by atoms with van der Waals surface area (Å²) in [4.78, 5) is 12.7. The Morgan fingerprint density at radius 2 is 1.74 bits per heavy atom. The number of para-hydroxylation sites is 1. The van der Waals surface area contributed by atoms with E-state index in [4.69, 9.17) is 15.6 Å². The molecule has 8 heteroatoms. The molecule has 0 unspecified atom stereocenters. The largest absolute Gasteiger partial charge is 0.457 e. The van der Waals surface area contributed by atoms with Crippen LogP contribution in [0.2, 0.25) is 0 Å². The number of nitrogens with zero attached hydrogens (tertiary/aromatic N) is 3. The van der Waals surface area contributed by atoms with Gasteiger partial charge in [-0.2, -0.15) is 10.2 Å². The van der Waals surface area contributed by atoms with Gasteiger partial charge in [0.15, 0.2) is 5.82 Å². The summed E-state index contributed by atoms with van der Waals surface area (Å²) in [5, 5.41) is 15.3. The van der Waals surface area contributed by atoms with Crippen LogP contribution in [0.4, 0.5) is 5.82 Å². The lowest BCUT2D eigenvalue weighted by Crippen LogP contribution is -2.60. The van der Waals surface area contributed by atoms with Crippen LogP contribution in [0.5, 0.6) is 11.5 Å². The Labute approximate surface area is 178 Å². The smallest absolute Gasteiger partial charge is 0.290 e. The third-order valence-corrected chi connectivity index (χ3v) is 6.45. The molecule has 1 saturated carbocycles. The number of nitrogens with one attached hydrogen (secondary N) is 2. The van der Waals surface area contributed by atoms with Crippen molar-refractivity contribution in [2.24, 2.45) is 5.41 Å². The zero-order valence-corrected chi connectivity index (χ0v) is 16.8. The van der Waals surface area contributed by atoms with Gasteiger partial charge in [0.05, 0.1) is 11.4 Å². The van der Waals surface area contributed by atoms with Crippen molar-refractivity contribution in [1.29, 1.82) is 0 Å². The summed E-state index contributed by atoms with van der Waals surface area (Å²) in [6.45, 7) is 2.08. The molecule has 0 atom stereocenters. The van der Waals surface area contributed by atoms with Crippen molar-refractivity contribution in [3.63, 3.8) is 0 Å². The number of hydrogen-bond acceptors (Lipinski definition) is 6. The van der Waals surface area contributed by atoms with E-state index in [0.717, 1.165) is 43.0 Å². The first-order valence-corrected chi connectivity index (χ1v) is 10.4. The summed E-state index contributed by atoms with van der Waals surface area (Å²) in [5.41, 5.74) is 8.33. The first-order chi connectivity index (χ1) is 15.1. The molecule has 0 bridgehead atoms. The number of aromatic amines is 1. The second kappa shape index (κ2) is 6.68. The van der Waals surface area contributed by atoms with Gasteiger partial charge < -0.3 is 15.8 Å². The number of aromatic nitrogens is 4. The van der Waals surface area contributed by atoms with Gasteiger partial charge in [0.2, 0.25) is 0 Å². The highest BCUT2D eigenvalue weighted by atomic mass is 16.5. The SMILES string of the molecule is Nc1n[nH]c(=O)c2c1c(-c1ccc(Oc3ccccc3)cc1)nn2C1CC2(CNC2)C1. The van der Waals surface area contributed by atoms with Crippen molar-refractivity contribution < 1.29 is 4.74 Å². The topological polar surface area (TPSA) is 111 Å². The molecule has 6 rings (SSSR count). The molecular weight excluding hydrogens is 392 g/mol. The zero-order valence-electron chi connectivity index (χ0n) is 16.8. The number of H-pyrrole nitrogens is 1. The second-order valence-electron chi connectivity index (χ2n) is 8.56. The highest BCUT2D eigenvalue weighted by molar-refractivity contribution is 5.99. The van der Waals surface area contributed by atoms with Crippen molar-refractivity contribution >= 4 is 16.7 Å². The van der Waals surface area contributed by atoms with Crippen LogP contribution in [-0.4, -0.2) is 33.1 Å². The minimum absolute atomic E-state index is 0.196. The van der Waals surface area contributed by atoms with Crippen molar-refractivity contribution in [2.45, 2.75) is 18.9 Å². The zero-order chi connectivity index (χ0) is 21.0. The van der Waals surface area contributed by atoms with Crippen molar-refractivity contribution in [1.82, 2.24) is 25.3 Å². The van der Waals surface area contributed by atoms with E-state index in [-0.39, 0.29) is 17.4 Å². The van der Waals surface area contributed by atoms with Crippen LogP contribution in [0.1, 0.15) is 18.9 Å². The molecule has 8 nitrogen and oxygen atoms in total. The number of nitrogens with two attached hydrogens (primary N) is 1. The summed E-state index contributed by atoms with van der Waals surface area (Å²) in [5.74, 6) is 1.77. The number of fused-ring (bicyclic) bond motifs is 1. The van der Waals surface area contributed by atoms with E-state index in [9.17, 15) is 4.79 Å². The van der Waals surface area contributed by atoms with Gasteiger partial charge in [-0.15, -0.1) is 0 Å². The molecule has 31 heavy (non-hydrogen) atoms. The molecule has 1 saturated heterocycles. The van der Waals surface area contributed by atoms with Crippen LogP contribution in [0, 0.1) is 5.41 Å². The van der Waals surface area contributed by atoms with Crippen molar-refractivity contribution in [2.75, 3.05) is 18.8 Å². The van der Waals surface area contributed by atoms with E-state index < -0.39 is 0 Å². The highest BCUT2D eigenvalue weighted by Gasteiger charge is 2.50. The van der Waals surface area contributed by atoms with Gasteiger partial charge in [-0.25, -0.2) is 5.10 Å². The summed E-state index contributed by atoms with van der Waals surface area (Å²) < 4.78 is 7.75. The Hall–Kier alpha value is -3.65. The molecule has 0 amide bonds. The van der Waals surface area contributed by atoms with Crippen molar-refractivity contribution in [3.05, 3.63) is 65.0 Å². The molecule has 2 aromatic heterocycles. The number of benzene rings is 2. The Kier molecular flexibility index (Phi) is 3.91. The van der Waals surface area contributed by atoms with Crippen LogP contribution >= 0.6 is 0 Å². The van der Waals surface area contributed by atoms with Gasteiger partial charge in [-0.1, -0.05) is 18.2 Å². The Morgan fingerprint density at radius 3 is 2.42 bits per heavy atom. The van der Waals surface area contributed by atoms with E-state index in [0.29, 0.717) is 22.0 Å². The third kappa shape index (κ3) is 2.90. The second-order valence-corrected chi connectivity index (χ2v) is 8.56. The standard InChI is InChI=1S/C23H22N6O2/c24-21-18-19(14-6-8-17(9-7-14)31-16-4-2-1-3-5-16)28-29(20(18)22(30)27-26-21)15-10-23(11-15)12-25-13-23/h1-9,15,25H,10-13H2,(H2,24,26)(H,27,30). The predicted octanol–water partition coefficient (Wildman–Crippen LogP) is 3.09. The van der Waals surface area contributed by atoms with Crippen molar-refractivity contribution in [3.8, 4) is 22.8 Å². The Bertz CT molecular complexity index is 1310. The normalized spacial score (nSPS) is 17.4. The van der Waals surface area contributed by atoms with E-state index in [1.807, 2.05) is 59.3 Å². The first-order valence-electron chi connectivity index (χ1n) is 10.4. The van der Waals surface area contributed by atoms with Crippen LogP contribution < -0.4 is 21.3 Å². The first kappa shape index (κ1) is 18.1. The number of ether oxygens (including phenoxy) is 1. The molecule has 2 aliphatic rings. The monoisotopic (exact) mass is 414 g/mol. The maximum absolute atomic E-state index is 12.7. The fourth-order valence-corrected chi connectivity index (χ4v) is 4.77. The maximum atomic E-state index is 12.7. The lowest BCUT2D eigenvalue weighted by atomic mass is 9.62. The molecule has 2 aromatic carbocycles. The molecule has 1 aliphatic heterocycles. The van der Waals surface area contributed by atoms with Crippen LogP contribution in [0.3, 0.4) is 0 Å². The Balaban J connectivity index is 1.38. The lowest BCUT2D eigenvalue weighted by Gasteiger charge is -2.54. The van der Waals surface area contributed by atoms with Gasteiger partial charge in [-0.05, 0) is 54.7 Å². The van der Waals surface area contributed by atoms with Crippen LogP contribution in [-0.2, 0) is 0 Å². The minimum Gasteiger partial charge on any atom is -0.457 e. The molecule has 4 aromatic rings. The molecule has 156 valence electrons. The molecule has 1 spiro atoms. The number of nitrogen functional groups attached to an aromatic ring is 1. The van der Waals surface area contributed by atoms with Gasteiger partial charge in [0.25, 0.3) is 5.56 Å². The average molecular weight is 414 g/mol. The minimum atomic E-state index is -0.264. The number of hydrogen-bond donors (Lipinski definition) is 3. The average Bonchev–Trinajstić information content (AvgIpc) is 3.12.